The Labute approximate surface area is 146 Å². The molecule has 1 aliphatic rings. The largest absolute Gasteiger partial charge is 0.372 e. The van der Waals surface area contributed by atoms with E-state index in [1.165, 1.54) is 11.3 Å². The second-order valence-electron chi connectivity index (χ2n) is 6.21. The van der Waals surface area contributed by atoms with Crippen molar-refractivity contribution < 1.29 is 4.79 Å². The van der Waals surface area contributed by atoms with E-state index in [1.54, 1.807) is 12.4 Å². The summed E-state index contributed by atoms with van der Waals surface area (Å²) in [6.07, 6.45) is 6.41. The van der Waals surface area contributed by atoms with Crippen molar-refractivity contribution in [2.24, 2.45) is 5.92 Å². The zero-order valence-electron chi connectivity index (χ0n) is 14.4. The predicted molar refractivity (Wildman–Crippen MR) is 95.5 cm³/mol. The van der Waals surface area contributed by atoms with Gasteiger partial charge >= 0.3 is 0 Å². The zero-order valence-corrected chi connectivity index (χ0v) is 15.2. The third-order valence-electron chi connectivity index (χ3n) is 4.40. The molecule has 1 fully saturated rings. The number of carbonyl (C=O) groups excluding carboxylic acids is 1. The van der Waals surface area contributed by atoms with Crippen LogP contribution in [-0.2, 0) is 6.42 Å². The molecule has 1 amide bonds. The van der Waals surface area contributed by atoms with E-state index in [0.717, 1.165) is 59.4 Å². The van der Waals surface area contributed by atoms with Gasteiger partial charge < -0.3 is 10.2 Å². The summed E-state index contributed by atoms with van der Waals surface area (Å²) in [7, 11) is 1.86. The maximum atomic E-state index is 12.8. The van der Waals surface area contributed by atoms with Crippen LogP contribution in [0.3, 0.4) is 0 Å². The molecule has 0 aliphatic carbocycles. The molecule has 1 unspecified atom stereocenters. The molecule has 0 aromatic carbocycles. The highest BCUT2D eigenvalue weighted by molar-refractivity contribution is 7.13. The Kier molecular flexibility index (Phi) is 5.08. The lowest BCUT2D eigenvalue weighted by Gasteiger charge is -2.32. The minimum atomic E-state index is 0.121. The van der Waals surface area contributed by atoms with Crippen LogP contribution in [0.25, 0.3) is 0 Å². The standard InChI is InChI=1S/C17H23N5OS/c1-11-15(24-12(2)21-11)17(23)22-8-4-5-13(10-22)9-14-16(18-3)20-7-6-19-14/h6-7,13H,4-5,8-10H2,1-3H3,(H,18,20). The van der Waals surface area contributed by atoms with E-state index < -0.39 is 0 Å². The maximum Gasteiger partial charge on any atom is 0.265 e. The molecule has 1 N–H and O–H groups in total. The highest BCUT2D eigenvalue weighted by Crippen LogP contribution is 2.26. The molecule has 0 radical (unpaired) electrons. The summed E-state index contributed by atoms with van der Waals surface area (Å²) in [6.45, 7) is 5.46. The van der Waals surface area contributed by atoms with E-state index in [1.807, 2.05) is 25.8 Å². The fourth-order valence-corrected chi connectivity index (χ4v) is 4.18. The fourth-order valence-electron chi connectivity index (χ4n) is 3.29. The van der Waals surface area contributed by atoms with Gasteiger partial charge in [-0.1, -0.05) is 0 Å². The smallest absolute Gasteiger partial charge is 0.265 e. The molecule has 1 atom stereocenters. The second kappa shape index (κ2) is 7.25. The number of nitrogens with zero attached hydrogens (tertiary/aromatic N) is 4. The molecule has 7 heteroatoms. The van der Waals surface area contributed by atoms with E-state index >= 15 is 0 Å². The molecule has 2 aromatic rings. The first-order valence-corrected chi connectivity index (χ1v) is 9.11. The van der Waals surface area contributed by atoms with Crippen molar-refractivity contribution in [3.63, 3.8) is 0 Å². The second-order valence-corrected chi connectivity index (χ2v) is 7.42. The lowest BCUT2D eigenvalue weighted by molar-refractivity contribution is 0.0677. The lowest BCUT2D eigenvalue weighted by atomic mass is 9.93. The molecule has 2 aromatic heterocycles. The molecular weight excluding hydrogens is 322 g/mol. The Morgan fingerprint density at radius 2 is 2.17 bits per heavy atom. The Bertz CT molecular complexity index is 730. The summed E-state index contributed by atoms with van der Waals surface area (Å²) < 4.78 is 0. The highest BCUT2D eigenvalue weighted by Gasteiger charge is 2.27. The van der Waals surface area contributed by atoms with Crippen LogP contribution < -0.4 is 5.32 Å². The monoisotopic (exact) mass is 345 g/mol. The Morgan fingerprint density at radius 3 is 2.88 bits per heavy atom. The number of aryl methyl sites for hydroxylation is 2. The van der Waals surface area contributed by atoms with Gasteiger partial charge in [0, 0.05) is 32.5 Å². The Morgan fingerprint density at radius 1 is 1.38 bits per heavy atom. The molecule has 128 valence electrons. The van der Waals surface area contributed by atoms with Crippen LogP contribution >= 0.6 is 11.3 Å². The van der Waals surface area contributed by atoms with Gasteiger partial charge in [-0.25, -0.2) is 9.97 Å². The molecule has 1 saturated heterocycles. The third kappa shape index (κ3) is 3.56. The van der Waals surface area contributed by atoms with E-state index in [2.05, 4.69) is 20.3 Å². The first-order chi connectivity index (χ1) is 11.6. The predicted octanol–water partition coefficient (Wildman–Crippen LogP) is 2.69. The summed E-state index contributed by atoms with van der Waals surface area (Å²) in [6, 6.07) is 0. The molecule has 3 heterocycles. The number of thiazole rings is 1. The number of hydrogen-bond acceptors (Lipinski definition) is 6. The van der Waals surface area contributed by atoms with Crippen molar-refractivity contribution in [1.82, 2.24) is 19.9 Å². The molecule has 0 saturated carbocycles. The summed E-state index contributed by atoms with van der Waals surface area (Å²) >= 11 is 1.49. The van der Waals surface area contributed by atoms with Crippen molar-refractivity contribution >= 4 is 23.1 Å². The highest BCUT2D eigenvalue weighted by atomic mass is 32.1. The first-order valence-electron chi connectivity index (χ1n) is 8.29. The number of rotatable bonds is 4. The van der Waals surface area contributed by atoms with Gasteiger partial charge in [-0.2, -0.15) is 0 Å². The van der Waals surface area contributed by atoms with Crippen molar-refractivity contribution in [2.75, 3.05) is 25.5 Å². The number of anilines is 1. The van der Waals surface area contributed by atoms with E-state index in [-0.39, 0.29) is 5.91 Å². The molecule has 6 nitrogen and oxygen atoms in total. The summed E-state index contributed by atoms with van der Waals surface area (Å²) in [5.41, 5.74) is 1.82. The van der Waals surface area contributed by atoms with E-state index in [9.17, 15) is 4.79 Å². The Hall–Kier alpha value is -2.02. The zero-order chi connectivity index (χ0) is 17.1. The quantitative estimate of drug-likeness (QED) is 0.922. The number of piperidine rings is 1. The van der Waals surface area contributed by atoms with E-state index in [4.69, 9.17) is 0 Å². The number of nitrogens with one attached hydrogen (secondary N) is 1. The van der Waals surface area contributed by atoms with Crippen LogP contribution in [0.15, 0.2) is 12.4 Å². The average molecular weight is 345 g/mol. The van der Waals surface area contributed by atoms with Gasteiger partial charge in [0.15, 0.2) is 0 Å². The van der Waals surface area contributed by atoms with Gasteiger partial charge in [-0.15, -0.1) is 11.3 Å². The maximum absolute atomic E-state index is 12.8. The van der Waals surface area contributed by atoms with Gasteiger partial charge in [0.1, 0.15) is 10.7 Å². The van der Waals surface area contributed by atoms with Crippen LogP contribution in [0.4, 0.5) is 5.82 Å². The Balaban J connectivity index is 1.70. The van der Waals surface area contributed by atoms with E-state index in [0.29, 0.717) is 5.92 Å². The molecule has 3 rings (SSSR count). The SMILES string of the molecule is CNc1nccnc1CC1CCCN(C(=O)c2sc(C)nc2C)C1. The normalized spacial score (nSPS) is 17.8. The summed E-state index contributed by atoms with van der Waals surface area (Å²) in [5, 5.41) is 4.04. The first kappa shape index (κ1) is 16.8. The van der Waals surface area contributed by atoms with Crippen LogP contribution in [0.2, 0.25) is 0 Å². The molecule has 24 heavy (non-hydrogen) atoms. The van der Waals surface area contributed by atoms with Crippen LogP contribution in [0.5, 0.6) is 0 Å². The van der Waals surface area contributed by atoms with Gasteiger partial charge in [0.25, 0.3) is 5.91 Å². The van der Waals surface area contributed by atoms with Crippen molar-refractivity contribution in [2.45, 2.75) is 33.1 Å². The molecular formula is C17H23N5OS. The molecule has 1 aliphatic heterocycles. The van der Waals surface area contributed by atoms with Crippen molar-refractivity contribution in [3.05, 3.63) is 33.7 Å². The van der Waals surface area contributed by atoms with Crippen LogP contribution in [-0.4, -0.2) is 45.9 Å². The number of carbonyl (C=O) groups is 1. The summed E-state index contributed by atoms with van der Waals surface area (Å²) in [4.78, 5) is 28.7. The minimum absolute atomic E-state index is 0.121. The topological polar surface area (TPSA) is 71.0 Å². The van der Waals surface area contributed by atoms with Gasteiger partial charge in [0.05, 0.1) is 16.4 Å². The van der Waals surface area contributed by atoms with Crippen molar-refractivity contribution in [1.29, 1.82) is 0 Å². The van der Waals surface area contributed by atoms with Crippen LogP contribution in [0.1, 0.15) is 38.9 Å². The number of amides is 1. The third-order valence-corrected chi connectivity index (χ3v) is 5.46. The number of hydrogen-bond donors (Lipinski definition) is 1. The van der Waals surface area contributed by atoms with Crippen molar-refractivity contribution in [3.8, 4) is 0 Å². The summed E-state index contributed by atoms with van der Waals surface area (Å²) in [5.74, 6) is 1.37. The van der Waals surface area contributed by atoms with Crippen LogP contribution in [0, 0.1) is 19.8 Å². The average Bonchev–Trinajstić information content (AvgIpc) is 2.93. The minimum Gasteiger partial charge on any atom is -0.372 e. The fraction of sp³-hybridized carbons (Fsp3) is 0.529. The number of aromatic nitrogens is 3. The number of likely N-dealkylation sites (tertiary alicyclic amines) is 1. The van der Waals surface area contributed by atoms with Gasteiger partial charge in [0.2, 0.25) is 0 Å². The van der Waals surface area contributed by atoms with Gasteiger partial charge in [-0.05, 0) is 39.0 Å². The molecule has 0 spiro atoms. The van der Waals surface area contributed by atoms with Gasteiger partial charge in [-0.3, -0.25) is 9.78 Å². The lowest BCUT2D eigenvalue weighted by Crippen LogP contribution is -2.40. The molecule has 0 bridgehead atoms.